The van der Waals surface area contributed by atoms with Crippen LogP contribution >= 0.6 is 15.9 Å². The molecule has 1 aromatic carbocycles. The van der Waals surface area contributed by atoms with Gasteiger partial charge in [0.05, 0.1) is 5.25 Å². The fourth-order valence-electron chi connectivity index (χ4n) is 3.18. The van der Waals surface area contributed by atoms with Crippen molar-refractivity contribution < 1.29 is 8.42 Å². The van der Waals surface area contributed by atoms with Gasteiger partial charge in [0.1, 0.15) is 9.84 Å². The third-order valence-electron chi connectivity index (χ3n) is 4.48. The minimum Gasteiger partial charge on any atom is -0.271 e. The van der Waals surface area contributed by atoms with Crippen molar-refractivity contribution in [3.63, 3.8) is 0 Å². The number of nitrogens with one attached hydrogen (secondary N) is 1. The summed E-state index contributed by atoms with van der Waals surface area (Å²) in [6, 6.07) is 6.19. The molecule has 0 heterocycles. The zero-order chi connectivity index (χ0) is 15.6. The maximum absolute atomic E-state index is 11.8. The maximum atomic E-state index is 11.8. The van der Waals surface area contributed by atoms with Crippen molar-refractivity contribution in [3.8, 4) is 0 Å². The van der Waals surface area contributed by atoms with Crippen LogP contribution in [-0.2, 0) is 9.84 Å². The first kappa shape index (κ1) is 16.9. The predicted molar refractivity (Wildman–Crippen MR) is 89.5 cm³/mol. The number of halogens is 1. The van der Waals surface area contributed by atoms with Gasteiger partial charge in [0.25, 0.3) is 0 Å². The molecule has 1 aromatic rings. The molecule has 0 amide bonds. The molecule has 3 unspecified atom stereocenters. The largest absolute Gasteiger partial charge is 0.271 e. The van der Waals surface area contributed by atoms with Crippen LogP contribution < -0.4 is 11.3 Å². The molecule has 1 aliphatic carbocycles. The summed E-state index contributed by atoms with van der Waals surface area (Å²) in [6.45, 7) is 2.04. The van der Waals surface area contributed by atoms with Crippen LogP contribution in [0.3, 0.4) is 0 Å². The monoisotopic (exact) mass is 374 g/mol. The van der Waals surface area contributed by atoms with Gasteiger partial charge in [0, 0.05) is 16.8 Å². The summed E-state index contributed by atoms with van der Waals surface area (Å²) in [4.78, 5) is 0. The number of hydrazine groups is 1. The second kappa shape index (κ2) is 6.77. The van der Waals surface area contributed by atoms with Gasteiger partial charge in [0.15, 0.2) is 0 Å². The van der Waals surface area contributed by atoms with E-state index in [0.717, 1.165) is 29.3 Å². The van der Waals surface area contributed by atoms with Crippen LogP contribution in [-0.4, -0.2) is 19.9 Å². The highest BCUT2D eigenvalue weighted by Crippen LogP contribution is 2.37. The number of nitrogens with two attached hydrogens (primary N) is 1. The Labute approximate surface area is 135 Å². The minimum absolute atomic E-state index is 0.00792. The summed E-state index contributed by atoms with van der Waals surface area (Å²) in [6.07, 6.45) is 4.73. The van der Waals surface area contributed by atoms with E-state index in [-0.39, 0.29) is 17.2 Å². The second-order valence-electron chi connectivity index (χ2n) is 6.03. The Bertz CT molecular complexity index is 604. The highest BCUT2D eigenvalue weighted by Gasteiger charge is 2.33. The zero-order valence-electron chi connectivity index (χ0n) is 12.5. The first-order chi connectivity index (χ1) is 9.82. The molecule has 0 aromatic heterocycles. The molecule has 1 saturated carbocycles. The SMILES string of the molecule is Cc1ccc(C(NN)C2CCCC(S(C)(=O)=O)C2)cc1Br. The number of hydrogen-bond donors (Lipinski definition) is 2. The van der Waals surface area contributed by atoms with E-state index in [1.165, 1.54) is 11.8 Å². The molecule has 0 aliphatic heterocycles. The fraction of sp³-hybridized carbons (Fsp3) is 0.600. The van der Waals surface area contributed by atoms with Crippen molar-refractivity contribution in [1.29, 1.82) is 0 Å². The minimum atomic E-state index is -2.98. The number of benzene rings is 1. The van der Waals surface area contributed by atoms with Crippen molar-refractivity contribution in [2.45, 2.75) is 43.9 Å². The molecular weight excluding hydrogens is 352 g/mol. The lowest BCUT2D eigenvalue weighted by Crippen LogP contribution is -2.38. The molecule has 6 heteroatoms. The van der Waals surface area contributed by atoms with E-state index >= 15 is 0 Å². The Morgan fingerprint density at radius 1 is 1.38 bits per heavy atom. The van der Waals surface area contributed by atoms with Crippen molar-refractivity contribution >= 4 is 25.8 Å². The molecule has 0 spiro atoms. The Kier molecular flexibility index (Phi) is 5.46. The zero-order valence-corrected chi connectivity index (χ0v) is 14.9. The van der Waals surface area contributed by atoms with Crippen molar-refractivity contribution in [2.24, 2.45) is 11.8 Å². The number of aryl methyl sites for hydroxylation is 1. The molecule has 3 atom stereocenters. The summed E-state index contributed by atoms with van der Waals surface area (Å²) in [5.41, 5.74) is 5.17. The Balaban J connectivity index is 2.22. The molecule has 118 valence electrons. The lowest BCUT2D eigenvalue weighted by atomic mass is 9.81. The second-order valence-corrected chi connectivity index (χ2v) is 9.21. The normalized spacial score (nSPS) is 24.8. The topological polar surface area (TPSA) is 72.2 Å². The highest BCUT2D eigenvalue weighted by molar-refractivity contribution is 9.10. The molecule has 0 radical (unpaired) electrons. The molecule has 1 fully saturated rings. The van der Waals surface area contributed by atoms with E-state index in [1.807, 2.05) is 6.92 Å². The molecular formula is C15H23BrN2O2S. The predicted octanol–water partition coefficient (Wildman–Crippen LogP) is 2.87. The number of sulfone groups is 1. The number of hydrogen-bond acceptors (Lipinski definition) is 4. The van der Waals surface area contributed by atoms with Gasteiger partial charge in [0.2, 0.25) is 0 Å². The molecule has 3 N–H and O–H groups in total. The van der Waals surface area contributed by atoms with E-state index < -0.39 is 9.84 Å². The van der Waals surface area contributed by atoms with Crippen LogP contribution in [0, 0.1) is 12.8 Å². The van der Waals surface area contributed by atoms with Crippen LogP contribution in [0.2, 0.25) is 0 Å². The Morgan fingerprint density at radius 2 is 2.10 bits per heavy atom. The van der Waals surface area contributed by atoms with Gasteiger partial charge < -0.3 is 0 Å². The fourth-order valence-corrected chi connectivity index (χ4v) is 4.77. The molecule has 21 heavy (non-hydrogen) atoms. The van der Waals surface area contributed by atoms with Crippen LogP contribution in [0.4, 0.5) is 0 Å². The summed E-state index contributed by atoms with van der Waals surface area (Å²) in [7, 11) is -2.98. The average Bonchev–Trinajstić information content (AvgIpc) is 2.43. The summed E-state index contributed by atoms with van der Waals surface area (Å²) in [5.74, 6) is 6.01. The third kappa shape index (κ3) is 4.06. The third-order valence-corrected chi connectivity index (χ3v) is 6.97. The van der Waals surface area contributed by atoms with Gasteiger partial charge in [-0.1, -0.05) is 34.5 Å². The van der Waals surface area contributed by atoms with E-state index in [9.17, 15) is 8.42 Å². The average molecular weight is 375 g/mol. The van der Waals surface area contributed by atoms with Gasteiger partial charge in [-0.15, -0.1) is 0 Å². The summed E-state index contributed by atoms with van der Waals surface area (Å²) >= 11 is 3.55. The first-order valence-corrected chi connectivity index (χ1v) is 9.98. The van der Waals surface area contributed by atoms with Gasteiger partial charge >= 0.3 is 0 Å². The lowest BCUT2D eigenvalue weighted by Gasteiger charge is -2.34. The summed E-state index contributed by atoms with van der Waals surface area (Å²) < 4.78 is 24.7. The van der Waals surface area contributed by atoms with Gasteiger partial charge in [-0.05, 0) is 49.3 Å². The maximum Gasteiger partial charge on any atom is 0.150 e. The van der Waals surface area contributed by atoms with Gasteiger partial charge in [-0.3, -0.25) is 11.3 Å². The van der Waals surface area contributed by atoms with Crippen LogP contribution in [0.15, 0.2) is 22.7 Å². The van der Waals surface area contributed by atoms with Gasteiger partial charge in [-0.2, -0.15) is 0 Å². The van der Waals surface area contributed by atoms with Crippen molar-refractivity contribution in [2.75, 3.05) is 6.26 Å². The van der Waals surface area contributed by atoms with Gasteiger partial charge in [-0.25, -0.2) is 8.42 Å². The lowest BCUT2D eigenvalue weighted by molar-refractivity contribution is 0.274. The quantitative estimate of drug-likeness (QED) is 0.627. The van der Waals surface area contributed by atoms with E-state index in [0.29, 0.717) is 6.42 Å². The standard InChI is InChI=1S/C15H23BrN2O2S/c1-10-6-7-12(9-14(10)16)15(18-17)11-4-3-5-13(8-11)21(2,19)20/h6-7,9,11,13,15,18H,3-5,8,17H2,1-2H3. The highest BCUT2D eigenvalue weighted by atomic mass is 79.9. The number of rotatable bonds is 4. The van der Waals surface area contributed by atoms with E-state index in [2.05, 4.69) is 39.6 Å². The van der Waals surface area contributed by atoms with E-state index in [1.54, 1.807) is 0 Å². The van der Waals surface area contributed by atoms with Crippen LogP contribution in [0.1, 0.15) is 42.9 Å². The molecule has 4 nitrogen and oxygen atoms in total. The molecule has 0 saturated heterocycles. The Morgan fingerprint density at radius 3 is 2.67 bits per heavy atom. The Hall–Kier alpha value is -0.430. The first-order valence-electron chi connectivity index (χ1n) is 7.24. The van der Waals surface area contributed by atoms with Crippen LogP contribution in [0.5, 0.6) is 0 Å². The smallest absolute Gasteiger partial charge is 0.150 e. The van der Waals surface area contributed by atoms with Crippen LogP contribution in [0.25, 0.3) is 0 Å². The molecule has 0 bridgehead atoms. The molecule has 1 aliphatic rings. The van der Waals surface area contributed by atoms with Crippen molar-refractivity contribution in [1.82, 2.24) is 5.43 Å². The van der Waals surface area contributed by atoms with E-state index in [4.69, 9.17) is 5.84 Å². The molecule has 2 rings (SSSR count). The van der Waals surface area contributed by atoms with Crippen molar-refractivity contribution in [3.05, 3.63) is 33.8 Å². The summed E-state index contributed by atoms with van der Waals surface area (Å²) in [5, 5.41) is -0.235.